The molecule has 0 saturated heterocycles. The molecule has 2 amide bonds. The Bertz CT molecular complexity index is 1010. The van der Waals surface area contributed by atoms with Gasteiger partial charge in [-0.3, -0.25) is 9.59 Å². The number of rotatable bonds is 8. The van der Waals surface area contributed by atoms with E-state index in [2.05, 4.69) is 5.10 Å². The minimum atomic E-state index is -0.353. The standard InChI is InChI=1S/C25H31FN4O3/c1-28-13-5-8-22(28)21-16-23(18-9-11-20(26)12-10-18)30(27-21)24(31)17-29(14-15-33-2)25(32)19-6-3-4-7-19/h5,8-13,19,23H,3-4,6-7,14-17H2,1-2H3/t23-/m1/s1. The van der Waals surface area contributed by atoms with Crippen LogP contribution >= 0.6 is 0 Å². The van der Waals surface area contributed by atoms with Gasteiger partial charge in [0.05, 0.1) is 24.1 Å². The lowest BCUT2D eigenvalue weighted by Gasteiger charge is -2.28. The smallest absolute Gasteiger partial charge is 0.262 e. The number of methoxy groups -OCH3 is 1. The van der Waals surface area contributed by atoms with Crippen molar-refractivity contribution in [3.63, 3.8) is 0 Å². The van der Waals surface area contributed by atoms with Crippen LogP contribution in [0.5, 0.6) is 0 Å². The number of hydrogen-bond acceptors (Lipinski definition) is 4. The summed E-state index contributed by atoms with van der Waals surface area (Å²) in [5, 5.41) is 6.15. The van der Waals surface area contributed by atoms with Crippen LogP contribution in [-0.4, -0.2) is 58.8 Å². The minimum absolute atomic E-state index is 0.0158. The van der Waals surface area contributed by atoms with E-state index in [9.17, 15) is 14.0 Å². The van der Waals surface area contributed by atoms with E-state index >= 15 is 0 Å². The Hall–Kier alpha value is -3.00. The van der Waals surface area contributed by atoms with E-state index in [0.717, 1.165) is 42.7 Å². The van der Waals surface area contributed by atoms with Gasteiger partial charge in [-0.2, -0.15) is 5.10 Å². The Morgan fingerprint density at radius 3 is 2.55 bits per heavy atom. The van der Waals surface area contributed by atoms with Crippen molar-refractivity contribution in [1.29, 1.82) is 0 Å². The molecule has 0 N–H and O–H groups in total. The molecule has 1 fully saturated rings. The normalized spacial score (nSPS) is 18.6. The van der Waals surface area contributed by atoms with Crippen LogP contribution in [0.4, 0.5) is 4.39 Å². The number of carbonyl (C=O) groups excluding carboxylic acids is 2. The van der Waals surface area contributed by atoms with Gasteiger partial charge in [0.2, 0.25) is 5.91 Å². The van der Waals surface area contributed by atoms with Gasteiger partial charge < -0.3 is 14.2 Å². The maximum absolute atomic E-state index is 13.5. The third-order valence-electron chi connectivity index (χ3n) is 6.57. The first kappa shape index (κ1) is 23.2. The highest BCUT2D eigenvalue weighted by Gasteiger charge is 2.36. The number of hydrogen-bond donors (Lipinski definition) is 0. The molecule has 7 nitrogen and oxygen atoms in total. The summed E-state index contributed by atoms with van der Waals surface area (Å²) in [4.78, 5) is 28.2. The number of aromatic nitrogens is 1. The fraction of sp³-hybridized carbons (Fsp3) is 0.480. The van der Waals surface area contributed by atoms with Gasteiger partial charge in [-0.05, 0) is 42.7 Å². The predicted octanol–water partition coefficient (Wildman–Crippen LogP) is 3.51. The summed E-state index contributed by atoms with van der Waals surface area (Å²) in [5.41, 5.74) is 2.52. The van der Waals surface area contributed by atoms with E-state index in [1.807, 2.05) is 29.9 Å². The second kappa shape index (κ2) is 10.3. The number of carbonyl (C=O) groups is 2. The summed E-state index contributed by atoms with van der Waals surface area (Å²) in [6, 6.07) is 9.71. The molecule has 0 radical (unpaired) electrons. The van der Waals surface area contributed by atoms with Gasteiger partial charge in [0.15, 0.2) is 0 Å². The summed E-state index contributed by atoms with van der Waals surface area (Å²) in [7, 11) is 3.52. The lowest BCUT2D eigenvalue weighted by atomic mass is 10.0. The molecule has 2 aliphatic rings. The van der Waals surface area contributed by atoms with Crippen LogP contribution in [0, 0.1) is 11.7 Å². The van der Waals surface area contributed by atoms with Gasteiger partial charge in [0, 0.05) is 39.2 Å². The number of nitrogens with zero attached hydrogens (tertiary/aromatic N) is 4. The zero-order valence-corrected chi connectivity index (χ0v) is 19.2. The SMILES string of the molecule is COCCN(CC(=O)N1N=C(c2cccn2C)C[C@@H]1c1ccc(F)cc1)C(=O)C1CCCC1. The van der Waals surface area contributed by atoms with Crippen LogP contribution in [0.25, 0.3) is 0 Å². The van der Waals surface area contributed by atoms with Gasteiger partial charge in [0.25, 0.3) is 5.91 Å². The number of halogens is 1. The van der Waals surface area contributed by atoms with E-state index < -0.39 is 0 Å². The van der Waals surface area contributed by atoms with Crippen LogP contribution in [0.15, 0.2) is 47.7 Å². The fourth-order valence-electron chi connectivity index (χ4n) is 4.74. The molecule has 8 heteroatoms. The Labute approximate surface area is 193 Å². The first-order valence-electron chi connectivity index (χ1n) is 11.5. The first-order chi connectivity index (χ1) is 16.0. The Morgan fingerprint density at radius 1 is 1.18 bits per heavy atom. The van der Waals surface area contributed by atoms with E-state index in [0.29, 0.717) is 19.6 Å². The quantitative estimate of drug-likeness (QED) is 0.613. The summed E-state index contributed by atoms with van der Waals surface area (Å²) in [5.74, 6) is -0.590. The van der Waals surface area contributed by atoms with Crippen LogP contribution in [0.2, 0.25) is 0 Å². The molecular formula is C25H31FN4O3. The third kappa shape index (κ3) is 5.16. The summed E-state index contributed by atoms with van der Waals surface area (Å²) in [6.45, 7) is 0.673. The molecular weight excluding hydrogens is 423 g/mol. The molecule has 2 heterocycles. The zero-order chi connectivity index (χ0) is 23.4. The van der Waals surface area contributed by atoms with Crippen molar-refractivity contribution in [3.8, 4) is 0 Å². The molecule has 0 spiro atoms. The molecule has 1 atom stereocenters. The Morgan fingerprint density at radius 2 is 1.91 bits per heavy atom. The number of ether oxygens (including phenoxy) is 1. The van der Waals surface area contributed by atoms with Crippen LogP contribution < -0.4 is 0 Å². The second-order valence-corrected chi connectivity index (χ2v) is 8.79. The van der Waals surface area contributed by atoms with Crippen LogP contribution in [-0.2, 0) is 21.4 Å². The van der Waals surface area contributed by atoms with Crippen molar-refractivity contribution in [2.75, 3.05) is 26.8 Å². The molecule has 1 aromatic heterocycles. The average molecular weight is 455 g/mol. The largest absolute Gasteiger partial charge is 0.383 e. The topological polar surface area (TPSA) is 67.1 Å². The second-order valence-electron chi connectivity index (χ2n) is 8.79. The van der Waals surface area contributed by atoms with Gasteiger partial charge >= 0.3 is 0 Å². The van der Waals surface area contributed by atoms with Crippen molar-refractivity contribution in [2.45, 2.75) is 38.1 Å². The third-order valence-corrected chi connectivity index (χ3v) is 6.57. The van der Waals surface area contributed by atoms with Gasteiger partial charge in [0.1, 0.15) is 12.4 Å². The molecule has 2 aromatic rings. The number of aryl methyl sites for hydroxylation is 1. The van der Waals surface area contributed by atoms with Crippen molar-refractivity contribution >= 4 is 17.5 Å². The minimum Gasteiger partial charge on any atom is -0.383 e. The highest BCUT2D eigenvalue weighted by molar-refractivity contribution is 6.02. The predicted molar refractivity (Wildman–Crippen MR) is 123 cm³/mol. The summed E-state index contributed by atoms with van der Waals surface area (Å²) < 4.78 is 20.7. The monoisotopic (exact) mass is 454 g/mol. The van der Waals surface area contributed by atoms with Gasteiger partial charge in [-0.1, -0.05) is 25.0 Å². The number of amides is 2. The Kier molecular flexibility index (Phi) is 7.23. The number of benzene rings is 1. The molecule has 33 heavy (non-hydrogen) atoms. The van der Waals surface area contributed by atoms with E-state index in [4.69, 9.17) is 4.74 Å². The van der Waals surface area contributed by atoms with Crippen molar-refractivity contribution in [3.05, 3.63) is 59.7 Å². The molecule has 1 aromatic carbocycles. The summed E-state index contributed by atoms with van der Waals surface area (Å²) >= 11 is 0. The lowest BCUT2D eigenvalue weighted by molar-refractivity contribution is -0.144. The highest BCUT2D eigenvalue weighted by Crippen LogP contribution is 2.33. The van der Waals surface area contributed by atoms with Gasteiger partial charge in [-0.15, -0.1) is 0 Å². The van der Waals surface area contributed by atoms with E-state index in [1.54, 1.807) is 24.1 Å². The first-order valence-corrected chi connectivity index (χ1v) is 11.5. The molecule has 1 saturated carbocycles. The molecule has 1 aliphatic heterocycles. The lowest BCUT2D eigenvalue weighted by Crippen LogP contribution is -2.44. The highest BCUT2D eigenvalue weighted by atomic mass is 19.1. The zero-order valence-electron chi connectivity index (χ0n) is 19.2. The van der Waals surface area contributed by atoms with E-state index in [-0.39, 0.29) is 36.1 Å². The van der Waals surface area contributed by atoms with Crippen molar-refractivity contribution in [2.24, 2.45) is 18.1 Å². The maximum Gasteiger partial charge on any atom is 0.262 e. The van der Waals surface area contributed by atoms with E-state index in [1.165, 1.54) is 17.1 Å². The maximum atomic E-state index is 13.5. The molecule has 4 rings (SSSR count). The fourth-order valence-corrected chi connectivity index (χ4v) is 4.74. The molecule has 176 valence electrons. The van der Waals surface area contributed by atoms with Crippen LogP contribution in [0.1, 0.15) is 49.4 Å². The van der Waals surface area contributed by atoms with Crippen molar-refractivity contribution < 1.29 is 18.7 Å². The van der Waals surface area contributed by atoms with Gasteiger partial charge in [-0.25, -0.2) is 9.40 Å². The molecule has 1 aliphatic carbocycles. The molecule has 0 bridgehead atoms. The summed E-state index contributed by atoms with van der Waals surface area (Å²) in [6.07, 6.45) is 6.28. The van der Waals surface area contributed by atoms with Crippen LogP contribution in [0.3, 0.4) is 0 Å². The number of hydrazone groups is 1. The Balaban J connectivity index is 1.58. The van der Waals surface area contributed by atoms with Crippen molar-refractivity contribution in [1.82, 2.24) is 14.5 Å². The molecule has 0 unspecified atom stereocenters. The average Bonchev–Trinajstić information content (AvgIpc) is 3.57.